The van der Waals surface area contributed by atoms with Gasteiger partial charge in [-0.1, -0.05) is 84.0 Å². The summed E-state index contributed by atoms with van der Waals surface area (Å²) < 4.78 is 16.6. The highest BCUT2D eigenvalue weighted by Crippen LogP contribution is 2.34. The van der Waals surface area contributed by atoms with Gasteiger partial charge < -0.3 is 50.0 Å². The smallest absolute Gasteiger partial charge is 0.347 e. The molecule has 12 nitrogen and oxygen atoms in total. The van der Waals surface area contributed by atoms with Crippen molar-refractivity contribution >= 4 is 11.9 Å². The fourth-order valence-electron chi connectivity index (χ4n) is 6.02. The fourth-order valence-corrected chi connectivity index (χ4v) is 6.02. The van der Waals surface area contributed by atoms with Crippen molar-refractivity contribution in [1.82, 2.24) is 0 Å². The van der Waals surface area contributed by atoms with E-state index in [9.17, 15) is 45.3 Å². The lowest BCUT2D eigenvalue weighted by Crippen LogP contribution is -2.60. The molecule has 0 radical (unpaired) electrons. The molecule has 0 spiro atoms. The summed E-state index contributed by atoms with van der Waals surface area (Å²) in [4.78, 5) is 24.8. The highest BCUT2D eigenvalue weighted by Gasteiger charge is 2.44. The zero-order chi connectivity index (χ0) is 35.2. The van der Waals surface area contributed by atoms with Crippen molar-refractivity contribution in [3.05, 3.63) is 46.5 Å². The summed E-state index contributed by atoms with van der Waals surface area (Å²) in [5.41, 5.74) is 0.0562. The predicted octanol–water partition coefficient (Wildman–Crippen LogP) is 5.14. The van der Waals surface area contributed by atoms with Crippen LogP contribution in [0.3, 0.4) is 0 Å². The standard InChI is InChI=1S/C36H52O12/c1-3-4-5-6-7-8-9-10-11-12-13-14-15-16-23-18-25(47-36-33(42)32(41)31(40)28(21-37)48-36)20-27(39)30(23)35(45)46-24-17-22(2)29(34(43)44)26(38)19-24/h17-20,28,31-33,36-42H,3-16,21H2,1-2H3,(H,43,44)/t28-,31+,32+,33-,36-/m1/s1. The Hall–Kier alpha value is -3.42. The van der Waals surface area contributed by atoms with Crippen molar-refractivity contribution in [2.24, 2.45) is 0 Å². The number of esters is 1. The molecule has 2 aromatic rings. The number of aromatic carboxylic acids is 1. The van der Waals surface area contributed by atoms with Crippen LogP contribution in [0.2, 0.25) is 0 Å². The van der Waals surface area contributed by atoms with Gasteiger partial charge in [0.2, 0.25) is 6.29 Å². The monoisotopic (exact) mass is 676 g/mol. The molecule has 2 aromatic carbocycles. The Morgan fingerprint density at radius 3 is 1.81 bits per heavy atom. The maximum Gasteiger partial charge on any atom is 0.347 e. The van der Waals surface area contributed by atoms with Crippen LogP contribution in [0.25, 0.3) is 0 Å². The van der Waals surface area contributed by atoms with Gasteiger partial charge in [-0.25, -0.2) is 9.59 Å². The Balaban J connectivity index is 1.69. The average Bonchev–Trinajstić information content (AvgIpc) is 3.02. The number of hydrogen-bond acceptors (Lipinski definition) is 11. The first-order valence-corrected chi connectivity index (χ1v) is 17.1. The zero-order valence-corrected chi connectivity index (χ0v) is 28.0. The second-order valence-electron chi connectivity index (χ2n) is 12.6. The lowest BCUT2D eigenvalue weighted by atomic mass is 9.98. The highest BCUT2D eigenvalue weighted by molar-refractivity contribution is 5.96. The Morgan fingerprint density at radius 2 is 1.27 bits per heavy atom. The Bertz CT molecular complexity index is 1300. The van der Waals surface area contributed by atoms with E-state index in [0.717, 1.165) is 37.8 Å². The van der Waals surface area contributed by atoms with Crippen LogP contribution in [0.4, 0.5) is 0 Å². The molecule has 1 fully saturated rings. The van der Waals surface area contributed by atoms with Crippen molar-refractivity contribution in [3.8, 4) is 23.0 Å². The lowest BCUT2D eigenvalue weighted by molar-refractivity contribution is -0.277. The minimum atomic E-state index is -1.68. The number of rotatable bonds is 20. The number of benzene rings is 2. The van der Waals surface area contributed by atoms with E-state index in [1.165, 1.54) is 70.4 Å². The van der Waals surface area contributed by atoms with Gasteiger partial charge in [0, 0.05) is 12.1 Å². The fraction of sp³-hybridized carbons (Fsp3) is 0.611. The van der Waals surface area contributed by atoms with E-state index in [4.69, 9.17) is 14.2 Å². The van der Waals surface area contributed by atoms with E-state index < -0.39 is 60.8 Å². The summed E-state index contributed by atoms with van der Waals surface area (Å²) in [5.74, 6) is -3.49. The summed E-state index contributed by atoms with van der Waals surface area (Å²) >= 11 is 0. The van der Waals surface area contributed by atoms with Gasteiger partial charge in [0.05, 0.1) is 6.61 Å². The number of carboxylic acid groups (broad SMARTS) is 1. The van der Waals surface area contributed by atoms with Gasteiger partial charge in [0.25, 0.3) is 0 Å². The summed E-state index contributed by atoms with van der Waals surface area (Å²) in [6.07, 6.45) is 7.74. The lowest BCUT2D eigenvalue weighted by Gasteiger charge is -2.39. The molecule has 3 rings (SSSR count). The molecule has 1 saturated heterocycles. The second-order valence-corrected chi connectivity index (χ2v) is 12.6. The van der Waals surface area contributed by atoms with Crippen molar-refractivity contribution in [1.29, 1.82) is 0 Å². The van der Waals surface area contributed by atoms with Crippen LogP contribution in [0.1, 0.15) is 122 Å². The minimum Gasteiger partial charge on any atom is -0.507 e. The van der Waals surface area contributed by atoms with Crippen molar-refractivity contribution in [2.45, 2.75) is 134 Å². The number of aryl methyl sites for hydroxylation is 2. The molecular weight excluding hydrogens is 624 g/mol. The molecule has 5 atom stereocenters. The molecule has 0 saturated carbocycles. The van der Waals surface area contributed by atoms with Crippen LogP contribution in [-0.2, 0) is 11.2 Å². The molecule has 0 unspecified atom stereocenters. The van der Waals surface area contributed by atoms with Crippen molar-refractivity contribution in [2.75, 3.05) is 6.61 Å². The van der Waals surface area contributed by atoms with Gasteiger partial charge in [-0.05, 0) is 43.0 Å². The number of hydrogen-bond donors (Lipinski definition) is 7. The zero-order valence-electron chi connectivity index (χ0n) is 28.0. The van der Waals surface area contributed by atoms with Gasteiger partial charge in [-0.2, -0.15) is 0 Å². The normalized spacial score (nSPS) is 20.8. The number of carbonyl (C=O) groups is 2. The number of aromatic hydroxyl groups is 2. The SMILES string of the molecule is CCCCCCCCCCCCCCCc1cc(O[C@@H]2O[C@H](CO)[C@H](O)[C@H](O)[C@H]2O)cc(O)c1C(=O)Oc1cc(C)c(C(=O)O)c(O)c1. The number of phenolic OH excluding ortho intramolecular Hbond substituents is 1. The third-order valence-corrected chi connectivity index (χ3v) is 8.74. The molecule has 268 valence electrons. The Labute approximate surface area is 281 Å². The molecule has 12 heteroatoms. The number of unbranched alkanes of at least 4 members (excludes halogenated alkanes) is 12. The van der Waals surface area contributed by atoms with Gasteiger partial charge in [0.15, 0.2) is 0 Å². The quantitative estimate of drug-likeness (QED) is 0.0554. The Kier molecular flexibility index (Phi) is 15.9. The van der Waals surface area contributed by atoms with E-state index in [1.54, 1.807) is 0 Å². The third kappa shape index (κ3) is 11.1. The molecule has 1 aliphatic rings. The molecule has 0 aromatic heterocycles. The topological polar surface area (TPSA) is 203 Å². The van der Waals surface area contributed by atoms with Crippen LogP contribution in [0, 0.1) is 6.92 Å². The Morgan fingerprint density at radius 1 is 0.729 bits per heavy atom. The molecule has 0 amide bonds. The van der Waals surface area contributed by atoms with Crippen LogP contribution in [0.5, 0.6) is 23.0 Å². The van der Waals surface area contributed by atoms with E-state index in [1.807, 2.05) is 0 Å². The molecule has 7 N–H and O–H groups in total. The average molecular weight is 677 g/mol. The van der Waals surface area contributed by atoms with Crippen LogP contribution in [-0.4, -0.2) is 85.0 Å². The number of phenols is 2. The van der Waals surface area contributed by atoms with Crippen LogP contribution in [0.15, 0.2) is 24.3 Å². The van der Waals surface area contributed by atoms with E-state index >= 15 is 0 Å². The predicted molar refractivity (Wildman–Crippen MR) is 177 cm³/mol. The molecule has 48 heavy (non-hydrogen) atoms. The van der Waals surface area contributed by atoms with Gasteiger partial charge in [-0.15, -0.1) is 0 Å². The number of ether oxygens (including phenoxy) is 3. The van der Waals surface area contributed by atoms with Gasteiger partial charge in [0.1, 0.15) is 58.5 Å². The molecule has 1 heterocycles. The number of aliphatic hydroxyl groups excluding tert-OH is 4. The van der Waals surface area contributed by atoms with Gasteiger partial charge in [-0.3, -0.25) is 0 Å². The first kappa shape index (κ1) is 39.0. The van der Waals surface area contributed by atoms with Gasteiger partial charge >= 0.3 is 11.9 Å². The number of aliphatic hydroxyl groups is 4. The summed E-state index contributed by atoms with van der Waals surface area (Å²) in [7, 11) is 0. The maximum absolute atomic E-state index is 13.4. The summed E-state index contributed by atoms with van der Waals surface area (Å²) in [6, 6.07) is 4.89. The number of carboxylic acids is 1. The third-order valence-electron chi connectivity index (χ3n) is 8.74. The minimum absolute atomic E-state index is 0.00243. The van der Waals surface area contributed by atoms with E-state index in [-0.39, 0.29) is 28.2 Å². The molecular formula is C36H52O12. The number of carbonyl (C=O) groups excluding carboxylic acids is 1. The summed E-state index contributed by atoms with van der Waals surface area (Å²) in [6.45, 7) is 3.02. The largest absolute Gasteiger partial charge is 0.507 e. The molecule has 1 aliphatic heterocycles. The van der Waals surface area contributed by atoms with Crippen LogP contribution >= 0.6 is 0 Å². The maximum atomic E-state index is 13.4. The van der Waals surface area contributed by atoms with Crippen molar-refractivity contribution < 1.29 is 59.5 Å². The first-order valence-electron chi connectivity index (χ1n) is 17.1. The molecule has 0 bridgehead atoms. The molecule has 0 aliphatic carbocycles. The summed E-state index contributed by atoms with van der Waals surface area (Å²) in [5, 5.41) is 70.7. The van der Waals surface area contributed by atoms with Crippen LogP contribution < -0.4 is 9.47 Å². The van der Waals surface area contributed by atoms with E-state index in [0.29, 0.717) is 18.4 Å². The second kappa shape index (κ2) is 19.5. The first-order chi connectivity index (χ1) is 23.0. The highest BCUT2D eigenvalue weighted by atomic mass is 16.7. The van der Waals surface area contributed by atoms with E-state index in [2.05, 4.69) is 6.92 Å². The van der Waals surface area contributed by atoms with Crippen molar-refractivity contribution in [3.63, 3.8) is 0 Å².